The second kappa shape index (κ2) is 6.94. The van der Waals surface area contributed by atoms with Crippen molar-refractivity contribution in [3.8, 4) is 0 Å². The van der Waals surface area contributed by atoms with E-state index in [0.717, 1.165) is 17.4 Å². The van der Waals surface area contributed by atoms with Crippen molar-refractivity contribution in [2.24, 2.45) is 0 Å². The molecule has 28 heavy (non-hydrogen) atoms. The summed E-state index contributed by atoms with van der Waals surface area (Å²) in [6.45, 7) is 0.0759. The zero-order chi connectivity index (χ0) is 20.1. The summed E-state index contributed by atoms with van der Waals surface area (Å²) >= 11 is 0.943. The molecule has 10 heteroatoms. The molecule has 2 aromatic heterocycles. The monoisotopic (exact) mass is 426 g/mol. The van der Waals surface area contributed by atoms with Gasteiger partial charge in [-0.25, -0.2) is 17.2 Å². The van der Waals surface area contributed by atoms with E-state index in [1.54, 1.807) is 11.0 Å². The molecule has 0 aliphatic carbocycles. The molecule has 1 fully saturated rings. The van der Waals surface area contributed by atoms with Gasteiger partial charge >= 0.3 is 0 Å². The molecule has 2 atom stereocenters. The molecule has 2 unspecified atom stereocenters. The molecular weight excluding hydrogens is 410 g/mol. The van der Waals surface area contributed by atoms with E-state index in [1.807, 2.05) is 0 Å². The molecule has 2 N–H and O–H groups in total. The number of fused-ring (bicyclic) bond motifs is 1. The number of H-pyrrole nitrogens is 1. The van der Waals surface area contributed by atoms with Crippen LogP contribution in [-0.2, 0) is 15.6 Å². The molecule has 3 heterocycles. The van der Waals surface area contributed by atoms with Gasteiger partial charge < -0.3 is 15.0 Å². The topological polar surface area (TPSA) is 90.5 Å². The van der Waals surface area contributed by atoms with Gasteiger partial charge in [0.2, 0.25) is 0 Å². The largest absolute Gasteiger partial charge is 0.388 e. The first-order valence-corrected chi connectivity index (χ1v) is 10.9. The standard InChI is InChI=1S/C18H16F2N2O4S2/c19-13-6-10-3-4-21-18(24)12(10)5-11(13)9-28(25,26)17-2-1-16(27-17)22-7-14(20)15(23)8-22/h1-6,14-15,23H,7-9H2,(H,21,24). The lowest BCUT2D eigenvalue weighted by Crippen LogP contribution is -2.20. The fourth-order valence-corrected chi connectivity index (χ4v) is 5.96. The van der Waals surface area contributed by atoms with E-state index in [0.29, 0.717) is 10.4 Å². The van der Waals surface area contributed by atoms with Gasteiger partial charge in [-0.2, -0.15) is 0 Å². The van der Waals surface area contributed by atoms with Crippen LogP contribution in [0, 0.1) is 5.82 Å². The number of hydrogen-bond acceptors (Lipinski definition) is 6. The van der Waals surface area contributed by atoms with Crippen LogP contribution >= 0.6 is 11.3 Å². The van der Waals surface area contributed by atoms with Crippen molar-refractivity contribution in [1.29, 1.82) is 0 Å². The van der Waals surface area contributed by atoms with E-state index >= 15 is 0 Å². The Kier molecular flexibility index (Phi) is 4.72. The van der Waals surface area contributed by atoms with Crippen LogP contribution in [0.2, 0.25) is 0 Å². The van der Waals surface area contributed by atoms with Gasteiger partial charge in [-0.3, -0.25) is 4.79 Å². The van der Waals surface area contributed by atoms with E-state index in [1.165, 1.54) is 24.4 Å². The maximum atomic E-state index is 14.4. The van der Waals surface area contributed by atoms with Crippen molar-refractivity contribution < 1.29 is 22.3 Å². The zero-order valence-corrected chi connectivity index (χ0v) is 16.1. The predicted molar refractivity (Wildman–Crippen MR) is 103 cm³/mol. The lowest BCUT2D eigenvalue weighted by atomic mass is 10.1. The van der Waals surface area contributed by atoms with Crippen molar-refractivity contribution >= 4 is 36.9 Å². The molecule has 0 amide bonds. The molecule has 0 bridgehead atoms. The first-order chi connectivity index (χ1) is 13.2. The van der Waals surface area contributed by atoms with Crippen LogP contribution in [0.15, 0.2) is 45.5 Å². The van der Waals surface area contributed by atoms with Crippen LogP contribution in [0.5, 0.6) is 0 Å². The number of rotatable bonds is 4. The molecule has 1 saturated heterocycles. The molecule has 1 aromatic carbocycles. The number of aliphatic hydroxyl groups excluding tert-OH is 1. The Morgan fingerprint density at radius 3 is 2.75 bits per heavy atom. The minimum Gasteiger partial charge on any atom is -0.388 e. The Hall–Kier alpha value is -2.30. The van der Waals surface area contributed by atoms with Gasteiger partial charge in [0.15, 0.2) is 9.84 Å². The first kappa shape index (κ1) is 19.0. The van der Waals surface area contributed by atoms with Crippen molar-refractivity contribution in [3.63, 3.8) is 0 Å². The zero-order valence-electron chi connectivity index (χ0n) is 14.4. The Morgan fingerprint density at radius 1 is 1.25 bits per heavy atom. The third-order valence-corrected chi connectivity index (χ3v) is 8.08. The molecular formula is C18H16F2N2O4S2. The molecule has 1 aliphatic rings. The van der Waals surface area contributed by atoms with Crippen LogP contribution in [0.1, 0.15) is 5.56 Å². The van der Waals surface area contributed by atoms with Crippen molar-refractivity contribution in [3.05, 3.63) is 58.3 Å². The highest BCUT2D eigenvalue weighted by Gasteiger charge is 2.32. The number of β-amino-alcohol motifs (C(OH)–C–C–N with tert-alkyl or cyclic N) is 1. The van der Waals surface area contributed by atoms with Crippen molar-refractivity contribution in [2.45, 2.75) is 22.2 Å². The average molecular weight is 426 g/mol. The summed E-state index contributed by atoms with van der Waals surface area (Å²) in [6, 6.07) is 6.86. The summed E-state index contributed by atoms with van der Waals surface area (Å²) in [6.07, 6.45) is -1.09. The van der Waals surface area contributed by atoms with Gasteiger partial charge in [-0.05, 0) is 35.7 Å². The van der Waals surface area contributed by atoms with Crippen LogP contribution in [0.4, 0.5) is 13.8 Å². The van der Waals surface area contributed by atoms with Gasteiger partial charge in [0, 0.05) is 23.7 Å². The number of halogens is 2. The molecule has 6 nitrogen and oxygen atoms in total. The fraction of sp³-hybridized carbons (Fsp3) is 0.278. The first-order valence-electron chi connectivity index (χ1n) is 8.44. The van der Waals surface area contributed by atoms with Gasteiger partial charge in [-0.1, -0.05) is 0 Å². The Labute approximate surface area is 163 Å². The van der Waals surface area contributed by atoms with Crippen LogP contribution in [-0.4, -0.2) is 43.9 Å². The number of hydrogen-bond donors (Lipinski definition) is 2. The van der Waals surface area contributed by atoms with Gasteiger partial charge in [-0.15, -0.1) is 11.3 Å². The average Bonchev–Trinajstić information content (AvgIpc) is 3.24. The van der Waals surface area contributed by atoms with E-state index in [-0.39, 0.29) is 28.2 Å². The number of alkyl halides is 1. The summed E-state index contributed by atoms with van der Waals surface area (Å²) in [7, 11) is -3.87. The second-order valence-electron chi connectivity index (χ2n) is 6.68. The number of pyridine rings is 1. The Bertz CT molecular complexity index is 1200. The van der Waals surface area contributed by atoms with Crippen molar-refractivity contribution in [1.82, 2.24) is 4.98 Å². The van der Waals surface area contributed by atoms with Crippen molar-refractivity contribution in [2.75, 3.05) is 18.0 Å². The number of nitrogens with zero attached hydrogens (tertiary/aromatic N) is 1. The highest BCUT2D eigenvalue weighted by molar-refractivity contribution is 7.92. The molecule has 0 saturated carbocycles. The highest BCUT2D eigenvalue weighted by atomic mass is 32.2. The predicted octanol–water partition coefficient (Wildman–Crippen LogP) is 2.22. The number of anilines is 1. The molecule has 4 rings (SSSR count). The fourth-order valence-electron chi connectivity index (χ4n) is 3.21. The maximum Gasteiger partial charge on any atom is 0.255 e. The van der Waals surface area contributed by atoms with Crippen LogP contribution in [0.3, 0.4) is 0 Å². The van der Waals surface area contributed by atoms with Crippen LogP contribution < -0.4 is 10.5 Å². The summed E-state index contributed by atoms with van der Waals surface area (Å²) in [5.41, 5.74) is -0.525. The molecule has 0 radical (unpaired) electrons. The molecule has 0 spiro atoms. The number of nitrogens with one attached hydrogen (secondary N) is 1. The highest BCUT2D eigenvalue weighted by Crippen LogP contribution is 2.34. The minimum atomic E-state index is -3.87. The maximum absolute atomic E-state index is 14.4. The van der Waals surface area contributed by atoms with E-state index in [4.69, 9.17) is 0 Å². The lowest BCUT2D eigenvalue weighted by Gasteiger charge is -2.14. The summed E-state index contributed by atoms with van der Waals surface area (Å²) < 4.78 is 53.4. The van der Waals surface area contributed by atoms with Crippen LogP contribution in [0.25, 0.3) is 10.8 Å². The third-order valence-electron chi connectivity index (χ3n) is 4.69. The third kappa shape index (κ3) is 3.43. The smallest absolute Gasteiger partial charge is 0.255 e. The van der Waals surface area contributed by atoms with Gasteiger partial charge in [0.1, 0.15) is 22.3 Å². The summed E-state index contributed by atoms with van der Waals surface area (Å²) in [5, 5.41) is 10.6. The number of sulfone groups is 1. The van der Waals surface area contributed by atoms with E-state index < -0.39 is 39.2 Å². The number of aromatic nitrogens is 1. The minimum absolute atomic E-state index is 0.0107. The number of benzene rings is 1. The van der Waals surface area contributed by atoms with Gasteiger partial charge in [0.05, 0.1) is 17.3 Å². The quantitative estimate of drug-likeness (QED) is 0.668. The SMILES string of the molecule is O=c1[nH]ccc2cc(F)c(CS(=O)(=O)c3ccc(N4CC(O)C(F)C4)s3)cc12. The van der Waals surface area contributed by atoms with Gasteiger partial charge in [0.25, 0.3) is 5.56 Å². The molecule has 3 aromatic rings. The number of aliphatic hydroxyl groups is 1. The Balaban J connectivity index is 1.63. The lowest BCUT2D eigenvalue weighted by molar-refractivity contribution is 0.118. The molecule has 1 aliphatic heterocycles. The summed E-state index contributed by atoms with van der Waals surface area (Å²) in [4.78, 5) is 16.0. The van der Waals surface area contributed by atoms with E-state index in [9.17, 15) is 27.1 Å². The molecule has 148 valence electrons. The van der Waals surface area contributed by atoms with E-state index in [2.05, 4.69) is 4.98 Å². The number of thiophene rings is 1. The second-order valence-corrected chi connectivity index (χ2v) is 9.96. The number of aromatic amines is 1. The summed E-state index contributed by atoms with van der Waals surface area (Å²) in [5.74, 6) is -1.31. The normalized spacial score (nSPS) is 20.2. The Morgan fingerprint density at radius 2 is 2.04 bits per heavy atom.